The Labute approximate surface area is 157 Å². The van der Waals surface area contributed by atoms with Crippen LogP contribution in [0.25, 0.3) is 0 Å². The Balaban J connectivity index is 1.55. The van der Waals surface area contributed by atoms with Crippen LogP contribution in [0.15, 0.2) is 29.8 Å². The molecule has 0 N–H and O–H groups in total. The van der Waals surface area contributed by atoms with E-state index in [0.717, 1.165) is 30.2 Å². The van der Waals surface area contributed by atoms with Crippen LogP contribution in [0.5, 0.6) is 0 Å². The summed E-state index contributed by atoms with van der Waals surface area (Å²) in [4.78, 5) is 18.1. The van der Waals surface area contributed by atoms with Crippen LogP contribution in [0.2, 0.25) is 5.02 Å². The Morgan fingerprint density at radius 2 is 2.23 bits per heavy atom. The van der Waals surface area contributed by atoms with E-state index in [2.05, 4.69) is 28.0 Å². The van der Waals surface area contributed by atoms with Gasteiger partial charge in [-0.3, -0.25) is 9.69 Å². The van der Waals surface area contributed by atoms with E-state index in [1.54, 1.807) is 5.57 Å². The number of hydrogen-bond donors (Lipinski definition) is 0. The number of carbonyl (C=O) groups is 1. The summed E-state index contributed by atoms with van der Waals surface area (Å²) in [6.45, 7) is 2.87. The summed E-state index contributed by atoms with van der Waals surface area (Å²) >= 11 is 6.44. The highest BCUT2D eigenvalue weighted by molar-refractivity contribution is 6.30. The van der Waals surface area contributed by atoms with Crippen molar-refractivity contribution in [3.05, 3.63) is 40.4 Å². The summed E-state index contributed by atoms with van der Waals surface area (Å²) in [6.07, 6.45) is 5.24. The third-order valence-electron chi connectivity index (χ3n) is 8.27. The predicted molar refractivity (Wildman–Crippen MR) is 98.4 cm³/mol. The topological polar surface area (TPSA) is 32.8 Å². The molecular formula is C21H21ClN2O2. The van der Waals surface area contributed by atoms with E-state index in [-0.39, 0.29) is 23.5 Å². The fourth-order valence-corrected chi connectivity index (χ4v) is 7.69. The highest BCUT2D eigenvalue weighted by Gasteiger charge is 2.70. The van der Waals surface area contributed by atoms with Crippen molar-refractivity contribution in [2.75, 3.05) is 24.6 Å². The summed E-state index contributed by atoms with van der Waals surface area (Å²) < 4.78 is 6.25. The highest BCUT2D eigenvalue weighted by Crippen LogP contribution is 2.65. The molecule has 26 heavy (non-hydrogen) atoms. The number of anilines is 1. The van der Waals surface area contributed by atoms with Gasteiger partial charge in [-0.1, -0.05) is 23.3 Å². The van der Waals surface area contributed by atoms with Crippen molar-refractivity contribution < 1.29 is 9.53 Å². The van der Waals surface area contributed by atoms with Crippen molar-refractivity contribution in [2.45, 2.75) is 42.9 Å². The van der Waals surface area contributed by atoms with Crippen LogP contribution in [0.4, 0.5) is 5.69 Å². The van der Waals surface area contributed by atoms with Crippen LogP contribution in [0, 0.1) is 11.8 Å². The van der Waals surface area contributed by atoms with E-state index < -0.39 is 0 Å². The van der Waals surface area contributed by atoms with Crippen molar-refractivity contribution >= 4 is 23.2 Å². The van der Waals surface area contributed by atoms with Crippen LogP contribution < -0.4 is 4.90 Å². The Hall–Kier alpha value is -1.36. The number of hydrogen-bond acceptors (Lipinski definition) is 3. The molecule has 1 aromatic rings. The van der Waals surface area contributed by atoms with E-state index in [1.165, 1.54) is 12.0 Å². The van der Waals surface area contributed by atoms with Gasteiger partial charge in [-0.05, 0) is 49.1 Å². The van der Waals surface area contributed by atoms with Gasteiger partial charge in [-0.25, -0.2) is 0 Å². The molecule has 1 aliphatic carbocycles. The van der Waals surface area contributed by atoms with Crippen molar-refractivity contribution in [1.29, 1.82) is 0 Å². The first-order valence-corrected chi connectivity index (χ1v) is 10.2. The molecule has 1 saturated carbocycles. The molecule has 1 aromatic carbocycles. The third-order valence-corrected chi connectivity index (χ3v) is 8.51. The van der Waals surface area contributed by atoms with Crippen molar-refractivity contribution in [2.24, 2.45) is 11.8 Å². The Bertz CT molecular complexity index is 898. The molecule has 5 heterocycles. The number of nitrogens with zero attached hydrogens (tertiary/aromatic N) is 2. The molecule has 134 valence electrons. The minimum Gasteiger partial charge on any atom is -0.373 e. The Morgan fingerprint density at radius 1 is 1.31 bits per heavy atom. The number of fused-ring (bicyclic) bond motifs is 2. The number of benzene rings is 1. The summed E-state index contributed by atoms with van der Waals surface area (Å²) in [5, 5.41) is 0.788. The lowest BCUT2D eigenvalue weighted by Gasteiger charge is -2.58. The largest absolute Gasteiger partial charge is 0.373 e. The summed E-state index contributed by atoms with van der Waals surface area (Å²) in [5.41, 5.74) is 4.04. The standard InChI is InChI=1S/C21H21ClN2O2/c22-12-1-2-15-14(7-12)21-4-5-23-10-11-3-6-26-16-9-18(25)24(15)20(21)19(16)13(11)8-17(21)23/h1-3,7,13,16-17,19-20H,4-6,8-10H2/t13?,16?,17?,19?,20?,21-/m1/s1. The lowest BCUT2D eigenvalue weighted by molar-refractivity contribution is -0.132. The van der Waals surface area contributed by atoms with E-state index in [9.17, 15) is 4.79 Å². The molecule has 4 nitrogen and oxygen atoms in total. The maximum Gasteiger partial charge on any atom is 0.229 e. The van der Waals surface area contributed by atoms with E-state index in [0.29, 0.717) is 30.9 Å². The second-order valence-electron chi connectivity index (χ2n) is 8.92. The molecule has 2 bridgehead atoms. The Kier molecular flexibility index (Phi) is 2.56. The lowest BCUT2D eigenvalue weighted by atomic mass is 9.53. The monoisotopic (exact) mass is 368 g/mol. The fraction of sp³-hybridized carbons (Fsp3) is 0.571. The van der Waals surface area contributed by atoms with Gasteiger partial charge in [0.05, 0.1) is 25.2 Å². The van der Waals surface area contributed by atoms with Gasteiger partial charge in [0.15, 0.2) is 0 Å². The minimum absolute atomic E-state index is 0.0367. The number of carbonyl (C=O) groups excluding carboxylic acids is 1. The van der Waals surface area contributed by atoms with Gasteiger partial charge in [0.25, 0.3) is 0 Å². The van der Waals surface area contributed by atoms with E-state index >= 15 is 0 Å². The summed E-state index contributed by atoms with van der Waals surface area (Å²) in [6, 6.07) is 6.95. The van der Waals surface area contributed by atoms with Crippen molar-refractivity contribution in [3.8, 4) is 0 Å². The first-order valence-electron chi connectivity index (χ1n) is 9.85. The maximum absolute atomic E-state index is 13.2. The molecule has 6 atom stereocenters. The van der Waals surface area contributed by atoms with Crippen LogP contribution >= 0.6 is 11.6 Å². The van der Waals surface area contributed by atoms with Gasteiger partial charge in [0, 0.05) is 34.6 Å². The van der Waals surface area contributed by atoms with E-state index in [4.69, 9.17) is 16.3 Å². The zero-order chi connectivity index (χ0) is 17.2. The number of rotatable bonds is 0. The van der Waals surface area contributed by atoms with Gasteiger partial charge in [-0.15, -0.1) is 0 Å². The molecule has 3 saturated heterocycles. The number of halogens is 1. The van der Waals surface area contributed by atoms with Crippen molar-refractivity contribution in [3.63, 3.8) is 0 Å². The van der Waals surface area contributed by atoms with Gasteiger partial charge in [0.2, 0.25) is 5.91 Å². The fourth-order valence-electron chi connectivity index (χ4n) is 7.52. The first-order chi connectivity index (χ1) is 12.7. The molecule has 5 aliphatic heterocycles. The van der Waals surface area contributed by atoms with Crippen LogP contribution in [0.3, 0.4) is 0 Å². The SMILES string of the molecule is O=C1CC2OCC=C3CN4CC[C@]56c7cc(Cl)ccc7N1C5C2C3CC46. The number of amides is 1. The van der Waals surface area contributed by atoms with Gasteiger partial charge < -0.3 is 9.64 Å². The molecule has 7 rings (SSSR count). The summed E-state index contributed by atoms with van der Waals surface area (Å²) in [7, 11) is 0. The molecule has 6 aliphatic rings. The average molecular weight is 369 g/mol. The average Bonchev–Trinajstić information content (AvgIpc) is 3.09. The maximum atomic E-state index is 13.2. The molecule has 0 radical (unpaired) electrons. The highest BCUT2D eigenvalue weighted by atomic mass is 35.5. The Morgan fingerprint density at radius 3 is 3.15 bits per heavy atom. The second kappa shape index (κ2) is 4.54. The molecule has 4 fully saturated rings. The normalized spacial score (nSPS) is 44.7. The van der Waals surface area contributed by atoms with Crippen LogP contribution in [-0.2, 0) is 14.9 Å². The zero-order valence-electron chi connectivity index (χ0n) is 14.5. The molecule has 5 unspecified atom stereocenters. The van der Waals surface area contributed by atoms with Crippen LogP contribution in [0.1, 0.15) is 24.8 Å². The third kappa shape index (κ3) is 1.45. The molecular weight excluding hydrogens is 348 g/mol. The number of ether oxygens (including phenoxy) is 1. The summed E-state index contributed by atoms with van der Waals surface area (Å²) in [5.74, 6) is 1.23. The molecule has 0 aromatic heterocycles. The molecule has 1 spiro atoms. The molecule has 5 heteroatoms. The predicted octanol–water partition coefficient (Wildman–Crippen LogP) is 2.75. The van der Waals surface area contributed by atoms with Crippen molar-refractivity contribution in [1.82, 2.24) is 4.90 Å². The first kappa shape index (κ1) is 14.7. The number of piperidine rings is 2. The quantitative estimate of drug-likeness (QED) is 0.660. The van der Waals surface area contributed by atoms with Crippen LogP contribution in [-0.4, -0.2) is 48.7 Å². The molecule has 1 amide bonds. The van der Waals surface area contributed by atoms with Gasteiger partial charge in [-0.2, -0.15) is 0 Å². The van der Waals surface area contributed by atoms with Gasteiger partial charge >= 0.3 is 0 Å². The van der Waals surface area contributed by atoms with Gasteiger partial charge in [0.1, 0.15) is 0 Å². The lowest BCUT2D eigenvalue weighted by Crippen LogP contribution is -2.69. The van der Waals surface area contributed by atoms with E-state index in [1.807, 2.05) is 6.07 Å². The minimum atomic E-state index is 0.0367. The smallest absolute Gasteiger partial charge is 0.229 e. The zero-order valence-corrected chi connectivity index (χ0v) is 15.3. The second-order valence-corrected chi connectivity index (χ2v) is 9.36.